The number of imidazole rings is 1. The number of nitrogens with one attached hydrogen (secondary N) is 2. The van der Waals surface area contributed by atoms with Crippen molar-refractivity contribution in [3.63, 3.8) is 0 Å². The highest BCUT2D eigenvalue weighted by Gasteiger charge is 2.23. The maximum atomic E-state index is 14.4. The van der Waals surface area contributed by atoms with Crippen LogP contribution in [-0.4, -0.2) is 27.0 Å². The van der Waals surface area contributed by atoms with Crippen LogP contribution in [-0.2, 0) is 0 Å². The molecule has 5 aromatic rings. The summed E-state index contributed by atoms with van der Waals surface area (Å²) >= 11 is 6.57. The number of fused-ring (bicyclic) bond motifs is 1. The van der Waals surface area contributed by atoms with E-state index >= 15 is 0 Å². The number of carboxylic acids is 1. The molecule has 1 atom stereocenters. The second-order valence-electron chi connectivity index (χ2n) is 9.32. The number of hydrogen-bond donors (Lipinski definition) is 3. The lowest BCUT2D eigenvalue weighted by Crippen LogP contribution is -2.28. The van der Waals surface area contributed by atoms with Gasteiger partial charge in [-0.1, -0.05) is 73.5 Å². The molecule has 0 fully saturated rings. The van der Waals surface area contributed by atoms with Gasteiger partial charge >= 0.3 is 5.97 Å². The monoisotopic (exact) mass is 559 g/mol. The van der Waals surface area contributed by atoms with Crippen LogP contribution in [0, 0.1) is 11.6 Å². The number of amides is 1. The van der Waals surface area contributed by atoms with E-state index in [1.165, 1.54) is 18.2 Å². The summed E-state index contributed by atoms with van der Waals surface area (Å²) in [5.41, 5.74) is 2.00. The van der Waals surface area contributed by atoms with Gasteiger partial charge in [0.05, 0.1) is 17.1 Å². The van der Waals surface area contributed by atoms with Crippen LogP contribution in [0.1, 0.15) is 52.1 Å². The fourth-order valence-electron chi connectivity index (χ4n) is 4.78. The van der Waals surface area contributed by atoms with E-state index in [1.54, 1.807) is 18.2 Å². The van der Waals surface area contributed by atoms with E-state index in [4.69, 9.17) is 11.6 Å². The molecule has 3 N–H and O–H groups in total. The average Bonchev–Trinajstić information content (AvgIpc) is 3.37. The molecule has 6 nitrogen and oxygen atoms in total. The molecule has 1 amide bonds. The summed E-state index contributed by atoms with van der Waals surface area (Å²) in [5.74, 6) is -3.08. The molecule has 1 heterocycles. The van der Waals surface area contributed by atoms with Crippen LogP contribution in [0.4, 0.5) is 8.78 Å². The topological polar surface area (TPSA) is 95.1 Å². The van der Waals surface area contributed by atoms with Crippen LogP contribution >= 0.6 is 11.6 Å². The minimum Gasteiger partial charge on any atom is -0.478 e. The van der Waals surface area contributed by atoms with Gasteiger partial charge in [0.2, 0.25) is 0 Å². The Bertz CT molecular complexity index is 1740. The molecule has 0 spiro atoms. The van der Waals surface area contributed by atoms with Crippen molar-refractivity contribution in [1.82, 2.24) is 15.3 Å². The quantitative estimate of drug-likeness (QED) is 0.181. The van der Waals surface area contributed by atoms with Crippen molar-refractivity contribution in [3.05, 3.63) is 112 Å². The molecule has 0 aliphatic heterocycles. The van der Waals surface area contributed by atoms with Gasteiger partial charge in [0.15, 0.2) is 5.82 Å². The third-order valence-electron chi connectivity index (χ3n) is 6.64. The Hall–Kier alpha value is -4.56. The van der Waals surface area contributed by atoms with Gasteiger partial charge in [-0.25, -0.2) is 18.6 Å². The highest BCUT2D eigenvalue weighted by Crippen LogP contribution is 2.39. The highest BCUT2D eigenvalue weighted by molar-refractivity contribution is 6.34. The van der Waals surface area contributed by atoms with Crippen molar-refractivity contribution < 1.29 is 23.5 Å². The number of aromatic nitrogens is 2. The largest absolute Gasteiger partial charge is 0.478 e. The van der Waals surface area contributed by atoms with Gasteiger partial charge in [-0.2, -0.15) is 0 Å². The molecule has 0 bridgehead atoms. The van der Waals surface area contributed by atoms with Gasteiger partial charge in [-0.05, 0) is 35.7 Å². The standard InChI is InChI=1S/C31H24ClF2N3O3/c1-2-7-25(17-8-4-3-5-9-17)36-30(38)18-12-13-20(22(14-18)31(39)40)27-21(10-6-11-23(27)32)29-35-26-16-19(33)15-24(34)28(26)37-29/h3-6,8-16,25H,2,7H2,1H3,(H,35,37)(H,36,38)(H,39,40)/t25-/m1/s1. The minimum absolute atomic E-state index is 0.00727. The van der Waals surface area contributed by atoms with Crippen LogP contribution in [0.25, 0.3) is 33.5 Å². The lowest BCUT2D eigenvalue weighted by molar-refractivity contribution is 0.0697. The number of carbonyl (C=O) groups is 2. The van der Waals surface area contributed by atoms with Gasteiger partial charge in [0.25, 0.3) is 5.91 Å². The number of benzene rings is 4. The number of aromatic carboxylic acids is 1. The predicted octanol–water partition coefficient (Wildman–Crippen LogP) is 7.80. The molecule has 5 rings (SSSR count). The first-order valence-corrected chi connectivity index (χ1v) is 13.0. The number of carboxylic acid groups (broad SMARTS) is 1. The summed E-state index contributed by atoms with van der Waals surface area (Å²) in [4.78, 5) is 32.8. The molecule has 0 unspecified atom stereocenters. The lowest BCUT2D eigenvalue weighted by Gasteiger charge is -2.19. The number of H-pyrrole nitrogens is 1. The number of carbonyl (C=O) groups excluding carboxylic acids is 1. The number of nitrogens with zero attached hydrogens (tertiary/aromatic N) is 1. The Labute approximate surface area is 233 Å². The maximum absolute atomic E-state index is 14.4. The average molecular weight is 560 g/mol. The van der Waals surface area contributed by atoms with Gasteiger partial charge in [-0.3, -0.25) is 4.79 Å². The molecule has 0 radical (unpaired) electrons. The first-order valence-electron chi connectivity index (χ1n) is 12.6. The van der Waals surface area contributed by atoms with Crippen molar-refractivity contribution in [2.75, 3.05) is 0 Å². The van der Waals surface area contributed by atoms with Gasteiger partial charge in [-0.15, -0.1) is 0 Å². The van der Waals surface area contributed by atoms with E-state index in [0.29, 0.717) is 17.5 Å². The van der Waals surface area contributed by atoms with E-state index in [9.17, 15) is 23.5 Å². The number of hydrogen-bond acceptors (Lipinski definition) is 3. The van der Waals surface area contributed by atoms with Crippen molar-refractivity contribution in [1.29, 1.82) is 0 Å². The summed E-state index contributed by atoms with van der Waals surface area (Å²) in [7, 11) is 0. The molecular formula is C31H24ClF2N3O3. The number of aromatic amines is 1. The summed E-state index contributed by atoms with van der Waals surface area (Å²) in [6.45, 7) is 2.02. The zero-order valence-electron chi connectivity index (χ0n) is 21.3. The van der Waals surface area contributed by atoms with Crippen molar-refractivity contribution in [2.24, 2.45) is 0 Å². The maximum Gasteiger partial charge on any atom is 0.336 e. The normalized spacial score (nSPS) is 11.9. The third-order valence-corrected chi connectivity index (χ3v) is 6.96. The van der Waals surface area contributed by atoms with Crippen LogP contribution in [0.2, 0.25) is 5.02 Å². The smallest absolute Gasteiger partial charge is 0.336 e. The molecular weight excluding hydrogens is 536 g/mol. The lowest BCUT2D eigenvalue weighted by atomic mass is 9.93. The third kappa shape index (κ3) is 5.31. The van der Waals surface area contributed by atoms with Crippen molar-refractivity contribution in [2.45, 2.75) is 25.8 Å². The van der Waals surface area contributed by atoms with Crippen LogP contribution in [0.15, 0.2) is 78.9 Å². The Morgan fingerprint density at radius 2 is 1.77 bits per heavy atom. The summed E-state index contributed by atoms with van der Waals surface area (Å²) in [6, 6.07) is 20.4. The SMILES string of the molecule is CCC[C@@H](NC(=O)c1ccc(-c2c(Cl)cccc2-c2nc3cc(F)cc(F)c3[nH]2)c(C(=O)O)c1)c1ccccc1. The number of halogens is 3. The van der Waals surface area contributed by atoms with Crippen LogP contribution in [0.5, 0.6) is 0 Å². The highest BCUT2D eigenvalue weighted by atomic mass is 35.5. The molecule has 202 valence electrons. The second kappa shape index (κ2) is 11.3. The first kappa shape index (κ1) is 27.0. The molecule has 4 aromatic carbocycles. The minimum atomic E-state index is -1.26. The van der Waals surface area contributed by atoms with Crippen molar-refractivity contribution >= 4 is 34.5 Å². The van der Waals surface area contributed by atoms with Gasteiger partial charge in [0, 0.05) is 33.8 Å². The van der Waals surface area contributed by atoms with E-state index in [2.05, 4.69) is 15.3 Å². The Morgan fingerprint density at radius 3 is 2.50 bits per heavy atom. The fourth-order valence-corrected chi connectivity index (χ4v) is 5.06. The Balaban J connectivity index is 1.56. The fraction of sp³-hybridized carbons (Fsp3) is 0.129. The summed E-state index contributed by atoms with van der Waals surface area (Å²) in [5, 5.41) is 13.4. The van der Waals surface area contributed by atoms with Gasteiger partial charge in [0.1, 0.15) is 17.2 Å². The molecule has 1 aromatic heterocycles. The van der Waals surface area contributed by atoms with Crippen LogP contribution in [0.3, 0.4) is 0 Å². The van der Waals surface area contributed by atoms with E-state index in [0.717, 1.165) is 24.1 Å². The first-order chi connectivity index (χ1) is 19.3. The molecule has 0 aliphatic carbocycles. The molecule has 0 aliphatic rings. The van der Waals surface area contributed by atoms with Gasteiger partial charge < -0.3 is 15.4 Å². The zero-order valence-corrected chi connectivity index (χ0v) is 22.1. The predicted molar refractivity (Wildman–Crippen MR) is 150 cm³/mol. The van der Waals surface area contributed by atoms with E-state index in [1.807, 2.05) is 37.3 Å². The Morgan fingerprint density at radius 1 is 1.00 bits per heavy atom. The van der Waals surface area contributed by atoms with Crippen molar-refractivity contribution in [3.8, 4) is 22.5 Å². The summed E-state index contributed by atoms with van der Waals surface area (Å²) < 4.78 is 28.1. The molecule has 0 saturated heterocycles. The molecule has 9 heteroatoms. The van der Waals surface area contributed by atoms with Crippen LogP contribution < -0.4 is 5.32 Å². The van der Waals surface area contributed by atoms with E-state index < -0.39 is 23.5 Å². The zero-order chi connectivity index (χ0) is 28.4. The summed E-state index contributed by atoms with van der Waals surface area (Å²) in [6.07, 6.45) is 1.55. The Kier molecular flexibility index (Phi) is 7.62. The molecule has 40 heavy (non-hydrogen) atoms. The number of rotatable bonds is 8. The molecule has 0 saturated carbocycles. The van der Waals surface area contributed by atoms with E-state index in [-0.39, 0.29) is 44.6 Å². The second-order valence-corrected chi connectivity index (χ2v) is 9.73.